The Bertz CT molecular complexity index is 601. The van der Waals surface area contributed by atoms with Crippen LogP contribution in [-0.2, 0) is 0 Å². The highest BCUT2D eigenvalue weighted by Crippen LogP contribution is 2.30. The quantitative estimate of drug-likeness (QED) is 0.636. The number of hydrogen-bond acceptors (Lipinski definition) is 5. The third kappa shape index (κ3) is 3.42. The van der Waals surface area contributed by atoms with Gasteiger partial charge in [0.25, 0.3) is 0 Å². The molecule has 2 aromatic rings. The number of aromatic nitrogens is 4. The van der Waals surface area contributed by atoms with Gasteiger partial charge in [-0.25, -0.2) is 19.9 Å². The SMILES string of the molecule is Cc1ccnc(Sc2nc(C(C)C)nc(Cl)c2C)n1. The molecule has 0 unspecified atom stereocenters. The van der Waals surface area contributed by atoms with Gasteiger partial charge >= 0.3 is 0 Å². The standard InChI is InChI=1S/C13H15ClN4S/c1-7(2)11-17-10(14)9(4)12(18-11)19-13-15-6-5-8(3)16-13/h5-7H,1-4H3. The van der Waals surface area contributed by atoms with Gasteiger partial charge < -0.3 is 0 Å². The van der Waals surface area contributed by atoms with Crippen LogP contribution in [-0.4, -0.2) is 19.9 Å². The molecule has 0 saturated heterocycles. The molecule has 0 radical (unpaired) electrons. The van der Waals surface area contributed by atoms with E-state index in [2.05, 4.69) is 19.9 Å². The maximum atomic E-state index is 6.16. The van der Waals surface area contributed by atoms with Crippen LogP contribution >= 0.6 is 23.4 Å². The molecule has 0 bridgehead atoms. The number of nitrogens with zero attached hydrogens (tertiary/aromatic N) is 4. The second-order valence-electron chi connectivity index (χ2n) is 4.54. The largest absolute Gasteiger partial charge is 0.231 e. The van der Waals surface area contributed by atoms with Gasteiger partial charge in [0.05, 0.1) is 0 Å². The maximum absolute atomic E-state index is 6.16. The van der Waals surface area contributed by atoms with Gasteiger partial charge in [-0.2, -0.15) is 0 Å². The molecule has 0 aliphatic heterocycles. The summed E-state index contributed by atoms with van der Waals surface area (Å²) in [6, 6.07) is 1.86. The van der Waals surface area contributed by atoms with Gasteiger partial charge in [-0.05, 0) is 31.7 Å². The smallest absolute Gasteiger partial charge is 0.194 e. The normalized spacial score (nSPS) is 11.1. The molecule has 0 N–H and O–H groups in total. The Kier molecular flexibility index (Phi) is 4.37. The monoisotopic (exact) mass is 294 g/mol. The third-order valence-corrected chi connectivity index (χ3v) is 3.87. The molecule has 0 atom stereocenters. The topological polar surface area (TPSA) is 51.6 Å². The second-order valence-corrected chi connectivity index (χ2v) is 5.85. The summed E-state index contributed by atoms with van der Waals surface area (Å²) in [6.45, 7) is 7.92. The number of rotatable bonds is 3. The summed E-state index contributed by atoms with van der Waals surface area (Å²) in [4.78, 5) is 17.4. The van der Waals surface area contributed by atoms with Gasteiger partial charge in [-0.1, -0.05) is 25.4 Å². The van der Waals surface area contributed by atoms with Crippen LogP contribution in [0, 0.1) is 13.8 Å². The van der Waals surface area contributed by atoms with E-state index in [9.17, 15) is 0 Å². The summed E-state index contributed by atoms with van der Waals surface area (Å²) >= 11 is 7.57. The van der Waals surface area contributed by atoms with Crippen LogP contribution in [0.1, 0.15) is 36.8 Å². The molecular weight excluding hydrogens is 280 g/mol. The molecule has 0 spiro atoms. The Hall–Kier alpha value is -1.20. The second kappa shape index (κ2) is 5.84. The molecule has 0 saturated carbocycles. The van der Waals surface area contributed by atoms with E-state index in [-0.39, 0.29) is 5.92 Å². The summed E-state index contributed by atoms with van der Waals surface area (Å²) in [7, 11) is 0. The fraction of sp³-hybridized carbons (Fsp3) is 0.385. The van der Waals surface area contributed by atoms with Crippen LogP contribution in [0.3, 0.4) is 0 Å². The highest BCUT2D eigenvalue weighted by Gasteiger charge is 2.14. The minimum absolute atomic E-state index is 0.232. The average Bonchev–Trinajstić information content (AvgIpc) is 2.34. The molecule has 2 rings (SSSR count). The van der Waals surface area contributed by atoms with Crippen molar-refractivity contribution in [3.8, 4) is 0 Å². The number of aryl methyl sites for hydroxylation is 1. The fourth-order valence-corrected chi connectivity index (χ4v) is 2.50. The molecule has 2 heterocycles. The van der Waals surface area contributed by atoms with E-state index in [0.717, 1.165) is 22.1 Å². The predicted molar refractivity (Wildman–Crippen MR) is 76.8 cm³/mol. The molecule has 0 aliphatic rings. The number of halogens is 1. The zero-order valence-electron chi connectivity index (χ0n) is 11.3. The third-order valence-electron chi connectivity index (χ3n) is 2.54. The molecule has 0 aliphatic carbocycles. The van der Waals surface area contributed by atoms with Crippen molar-refractivity contribution in [2.75, 3.05) is 0 Å². The lowest BCUT2D eigenvalue weighted by molar-refractivity contribution is 0.746. The molecule has 2 aromatic heterocycles. The van der Waals surface area contributed by atoms with E-state index >= 15 is 0 Å². The summed E-state index contributed by atoms with van der Waals surface area (Å²) in [5.74, 6) is 0.974. The van der Waals surface area contributed by atoms with Crippen molar-refractivity contribution in [1.29, 1.82) is 0 Å². The molecule has 19 heavy (non-hydrogen) atoms. The zero-order chi connectivity index (χ0) is 14.0. The van der Waals surface area contributed by atoms with Crippen molar-refractivity contribution in [2.24, 2.45) is 0 Å². The van der Waals surface area contributed by atoms with Crippen molar-refractivity contribution < 1.29 is 0 Å². The van der Waals surface area contributed by atoms with E-state index in [1.165, 1.54) is 11.8 Å². The molecular formula is C13H15ClN4S. The fourth-order valence-electron chi connectivity index (χ4n) is 1.40. The molecule has 100 valence electrons. The lowest BCUT2D eigenvalue weighted by atomic mass is 10.2. The van der Waals surface area contributed by atoms with Crippen LogP contribution in [0.25, 0.3) is 0 Å². The summed E-state index contributed by atoms with van der Waals surface area (Å²) < 4.78 is 0. The van der Waals surface area contributed by atoms with E-state index in [0.29, 0.717) is 10.3 Å². The van der Waals surface area contributed by atoms with Gasteiger partial charge in [0.1, 0.15) is 16.0 Å². The van der Waals surface area contributed by atoms with Crippen LogP contribution in [0.15, 0.2) is 22.4 Å². The molecule has 6 heteroatoms. The number of hydrogen-bond donors (Lipinski definition) is 0. The Labute approximate surface area is 122 Å². The minimum atomic E-state index is 0.232. The van der Waals surface area contributed by atoms with Crippen LogP contribution in [0.4, 0.5) is 0 Å². The van der Waals surface area contributed by atoms with Gasteiger partial charge in [-0.3, -0.25) is 0 Å². The van der Waals surface area contributed by atoms with Crippen LogP contribution in [0.2, 0.25) is 5.15 Å². The maximum Gasteiger partial charge on any atom is 0.194 e. The van der Waals surface area contributed by atoms with Crippen molar-refractivity contribution in [2.45, 2.75) is 43.8 Å². The van der Waals surface area contributed by atoms with Crippen molar-refractivity contribution in [3.05, 3.63) is 34.5 Å². The first-order valence-corrected chi connectivity index (χ1v) is 7.18. The molecule has 4 nitrogen and oxygen atoms in total. The Morgan fingerprint density at radius 3 is 2.53 bits per heavy atom. The Morgan fingerprint density at radius 2 is 1.89 bits per heavy atom. The lowest BCUT2D eigenvalue weighted by Gasteiger charge is -2.10. The van der Waals surface area contributed by atoms with Crippen molar-refractivity contribution >= 4 is 23.4 Å². The van der Waals surface area contributed by atoms with Crippen molar-refractivity contribution in [3.63, 3.8) is 0 Å². The minimum Gasteiger partial charge on any atom is -0.231 e. The van der Waals surface area contributed by atoms with E-state index in [4.69, 9.17) is 11.6 Å². The average molecular weight is 295 g/mol. The highest BCUT2D eigenvalue weighted by atomic mass is 35.5. The predicted octanol–water partition coefficient (Wildman–Crippen LogP) is 3.81. The van der Waals surface area contributed by atoms with Gasteiger partial charge in [0, 0.05) is 23.4 Å². The molecule has 0 amide bonds. The van der Waals surface area contributed by atoms with Gasteiger partial charge in [-0.15, -0.1) is 0 Å². The molecule has 0 fully saturated rings. The Morgan fingerprint density at radius 1 is 1.16 bits per heavy atom. The summed E-state index contributed by atoms with van der Waals surface area (Å²) in [5.41, 5.74) is 1.79. The van der Waals surface area contributed by atoms with E-state index < -0.39 is 0 Å². The van der Waals surface area contributed by atoms with Crippen LogP contribution in [0.5, 0.6) is 0 Å². The first-order valence-electron chi connectivity index (χ1n) is 5.99. The van der Waals surface area contributed by atoms with E-state index in [1.54, 1.807) is 6.20 Å². The molecule has 0 aromatic carbocycles. The first kappa shape index (κ1) is 14.2. The van der Waals surface area contributed by atoms with Crippen molar-refractivity contribution in [1.82, 2.24) is 19.9 Å². The summed E-state index contributed by atoms with van der Waals surface area (Å²) in [5, 5.41) is 1.98. The van der Waals surface area contributed by atoms with Gasteiger partial charge in [0.2, 0.25) is 0 Å². The highest BCUT2D eigenvalue weighted by molar-refractivity contribution is 7.99. The van der Waals surface area contributed by atoms with Crippen LogP contribution < -0.4 is 0 Å². The van der Waals surface area contributed by atoms with E-state index in [1.807, 2.05) is 33.8 Å². The lowest BCUT2D eigenvalue weighted by Crippen LogP contribution is -2.02. The van der Waals surface area contributed by atoms with Gasteiger partial charge in [0.15, 0.2) is 5.16 Å². The summed E-state index contributed by atoms with van der Waals surface area (Å²) in [6.07, 6.45) is 1.74. The first-order chi connectivity index (χ1) is 8.97. The zero-order valence-corrected chi connectivity index (χ0v) is 12.9. The Balaban J connectivity index is 2.39.